The average Bonchev–Trinajstić information content (AvgIpc) is 3.36. The van der Waals surface area contributed by atoms with Crippen LogP contribution < -0.4 is 16.1 Å². The Morgan fingerprint density at radius 3 is 2.16 bits per heavy atom. The highest BCUT2D eigenvalue weighted by Gasteiger charge is 2.22. The van der Waals surface area contributed by atoms with Gasteiger partial charge in [-0.1, -0.05) is 78.3 Å². The van der Waals surface area contributed by atoms with Crippen molar-refractivity contribution in [3.8, 4) is 0 Å². The summed E-state index contributed by atoms with van der Waals surface area (Å²) in [6, 6.07) is 28.6. The molecule has 1 heterocycles. The number of nitrogens with zero attached hydrogens (tertiary/aromatic N) is 1. The average molecular weight is 515 g/mol. The number of furan rings is 1. The zero-order valence-corrected chi connectivity index (χ0v) is 20.3. The van der Waals surface area contributed by atoms with Crippen LogP contribution in [0.15, 0.2) is 107 Å². The summed E-state index contributed by atoms with van der Waals surface area (Å²) in [6.07, 6.45) is 1.36. The number of hydrogen-bond donors (Lipinski definition) is 3. The molecular formula is C28H23ClN4O4. The Bertz CT molecular complexity index is 1360. The van der Waals surface area contributed by atoms with Gasteiger partial charge in [0, 0.05) is 10.7 Å². The van der Waals surface area contributed by atoms with Crippen molar-refractivity contribution in [2.45, 2.75) is 12.5 Å². The normalized spacial score (nSPS) is 10.9. The van der Waals surface area contributed by atoms with Crippen molar-refractivity contribution in [1.82, 2.24) is 10.7 Å². The molecule has 186 valence electrons. The molecule has 3 aromatic carbocycles. The van der Waals surface area contributed by atoms with Gasteiger partial charge in [-0.3, -0.25) is 14.4 Å². The second kappa shape index (κ2) is 12.3. The molecule has 0 radical (unpaired) electrons. The molecule has 0 aliphatic carbocycles. The maximum absolute atomic E-state index is 13.0. The third-order valence-electron chi connectivity index (χ3n) is 5.29. The van der Waals surface area contributed by atoms with Crippen molar-refractivity contribution < 1.29 is 18.8 Å². The van der Waals surface area contributed by atoms with Crippen LogP contribution in [0.25, 0.3) is 0 Å². The summed E-state index contributed by atoms with van der Waals surface area (Å²) in [4.78, 5) is 37.1. The molecule has 0 atom stereocenters. The lowest BCUT2D eigenvalue weighted by Gasteiger charge is -2.16. The number of halogens is 1. The third kappa shape index (κ3) is 7.16. The van der Waals surface area contributed by atoms with Crippen LogP contribution >= 0.6 is 11.6 Å². The van der Waals surface area contributed by atoms with Crippen LogP contribution in [0.4, 0.5) is 5.69 Å². The van der Waals surface area contributed by atoms with Gasteiger partial charge in [0.2, 0.25) is 0 Å². The molecule has 4 aromatic rings. The molecule has 0 bridgehead atoms. The van der Waals surface area contributed by atoms with Gasteiger partial charge in [0.05, 0.1) is 18.7 Å². The number of amides is 3. The van der Waals surface area contributed by atoms with E-state index in [2.05, 4.69) is 21.2 Å². The standard InChI is InChI=1S/C28H23ClN4O4/c29-21-12-7-13-22(16-21)32-28(36)27(35)30-17-23-14-15-24(37-23)18-31-33-26(34)25(19-8-3-1-4-9-19)20-10-5-2-6-11-20/h1-16,18,25H,17H2,(H,30,35)(H,32,36)(H,33,34)/b31-18-. The van der Waals surface area contributed by atoms with E-state index in [1.165, 1.54) is 12.3 Å². The Labute approximate surface area is 218 Å². The molecule has 0 unspecified atom stereocenters. The lowest BCUT2D eigenvalue weighted by atomic mass is 9.91. The van der Waals surface area contributed by atoms with Crippen molar-refractivity contribution in [2.24, 2.45) is 5.10 Å². The Balaban J connectivity index is 1.31. The first kappa shape index (κ1) is 25.4. The van der Waals surface area contributed by atoms with Gasteiger partial charge < -0.3 is 15.1 Å². The third-order valence-corrected chi connectivity index (χ3v) is 5.52. The topological polar surface area (TPSA) is 113 Å². The van der Waals surface area contributed by atoms with Gasteiger partial charge in [0.25, 0.3) is 5.91 Å². The van der Waals surface area contributed by atoms with Gasteiger partial charge in [-0.15, -0.1) is 0 Å². The lowest BCUT2D eigenvalue weighted by molar-refractivity contribution is -0.136. The minimum atomic E-state index is -0.829. The number of benzene rings is 3. The monoisotopic (exact) mass is 514 g/mol. The highest BCUT2D eigenvalue weighted by molar-refractivity contribution is 6.39. The molecule has 0 saturated heterocycles. The first-order valence-corrected chi connectivity index (χ1v) is 11.7. The summed E-state index contributed by atoms with van der Waals surface area (Å²) >= 11 is 5.88. The van der Waals surface area contributed by atoms with E-state index in [9.17, 15) is 14.4 Å². The maximum Gasteiger partial charge on any atom is 0.313 e. The van der Waals surface area contributed by atoms with Crippen molar-refractivity contribution in [2.75, 3.05) is 5.32 Å². The summed E-state index contributed by atoms with van der Waals surface area (Å²) in [7, 11) is 0. The summed E-state index contributed by atoms with van der Waals surface area (Å²) < 4.78 is 5.59. The van der Waals surface area contributed by atoms with E-state index in [0.717, 1.165) is 11.1 Å². The predicted octanol–water partition coefficient (Wildman–Crippen LogP) is 4.47. The van der Waals surface area contributed by atoms with Crippen molar-refractivity contribution in [3.63, 3.8) is 0 Å². The first-order valence-electron chi connectivity index (χ1n) is 11.4. The van der Waals surface area contributed by atoms with E-state index in [0.29, 0.717) is 22.2 Å². The molecule has 0 aliphatic rings. The number of anilines is 1. The lowest BCUT2D eigenvalue weighted by Crippen LogP contribution is -2.34. The molecule has 0 aliphatic heterocycles. The molecule has 3 amide bonds. The van der Waals surface area contributed by atoms with E-state index in [1.54, 1.807) is 30.3 Å². The fourth-order valence-corrected chi connectivity index (χ4v) is 3.76. The van der Waals surface area contributed by atoms with Crippen LogP contribution in [0.2, 0.25) is 5.02 Å². The number of carbonyl (C=O) groups excluding carboxylic acids is 3. The van der Waals surface area contributed by atoms with Gasteiger partial charge in [-0.2, -0.15) is 5.10 Å². The van der Waals surface area contributed by atoms with E-state index in [-0.39, 0.29) is 12.5 Å². The SMILES string of the molecule is O=C(NCc1ccc(/C=N\NC(=O)C(c2ccccc2)c2ccccc2)o1)C(=O)Nc1cccc(Cl)c1. The summed E-state index contributed by atoms with van der Waals surface area (Å²) in [5.74, 6) is -1.71. The Morgan fingerprint density at radius 1 is 0.838 bits per heavy atom. The zero-order valence-electron chi connectivity index (χ0n) is 19.6. The minimum Gasteiger partial charge on any atom is -0.458 e. The number of nitrogens with one attached hydrogen (secondary N) is 3. The molecule has 0 spiro atoms. The molecule has 3 N–H and O–H groups in total. The van der Waals surface area contributed by atoms with Gasteiger partial charge in [-0.05, 0) is 41.5 Å². The smallest absolute Gasteiger partial charge is 0.313 e. The second-order valence-corrected chi connectivity index (χ2v) is 8.38. The van der Waals surface area contributed by atoms with E-state index >= 15 is 0 Å². The quantitative estimate of drug-likeness (QED) is 0.183. The zero-order chi connectivity index (χ0) is 26.0. The number of carbonyl (C=O) groups is 3. The molecule has 1 aromatic heterocycles. The van der Waals surface area contributed by atoms with Crippen molar-refractivity contribution in [1.29, 1.82) is 0 Å². The van der Waals surface area contributed by atoms with Crippen LogP contribution in [-0.2, 0) is 20.9 Å². The molecule has 8 nitrogen and oxygen atoms in total. The number of rotatable bonds is 8. The summed E-state index contributed by atoms with van der Waals surface area (Å²) in [6.45, 7) is -0.00785. The minimum absolute atomic E-state index is 0.00785. The van der Waals surface area contributed by atoms with Crippen LogP contribution in [-0.4, -0.2) is 23.9 Å². The van der Waals surface area contributed by atoms with Gasteiger partial charge in [0.1, 0.15) is 11.5 Å². The van der Waals surface area contributed by atoms with Crippen LogP contribution in [0.3, 0.4) is 0 Å². The molecule has 4 rings (SSSR count). The summed E-state index contributed by atoms with van der Waals surface area (Å²) in [5, 5.41) is 9.41. The highest BCUT2D eigenvalue weighted by atomic mass is 35.5. The van der Waals surface area contributed by atoms with E-state index < -0.39 is 17.7 Å². The molecule has 0 saturated carbocycles. The summed E-state index contributed by atoms with van der Waals surface area (Å²) in [5.41, 5.74) is 4.67. The molecular weight excluding hydrogens is 492 g/mol. The number of hydrazone groups is 1. The molecule has 0 fully saturated rings. The van der Waals surface area contributed by atoms with Crippen molar-refractivity contribution >= 4 is 41.2 Å². The highest BCUT2D eigenvalue weighted by Crippen LogP contribution is 2.24. The fraction of sp³-hybridized carbons (Fsp3) is 0.0714. The van der Waals surface area contributed by atoms with Gasteiger partial charge in [-0.25, -0.2) is 5.43 Å². The van der Waals surface area contributed by atoms with Crippen LogP contribution in [0, 0.1) is 0 Å². The Morgan fingerprint density at radius 2 is 1.51 bits per heavy atom. The van der Waals surface area contributed by atoms with Crippen LogP contribution in [0.1, 0.15) is 28.6 Å². The van der Waals surface area contributed by atoms with Gasteiger partial charge >= 0.3 is 11.8 Å². The van der Waals surface area contributed by atoms with E-state index in [1.807, 2.05) is 60.7 Å². The van der Waals surface area contributed by atoms with Gasteiger partial charge in [0.15, 0.2) is 0 Å². The van der Waals surface area contributed by atoms with E-state index in [4.69, 9.17) is 16.0 Å². The molecule has 9 heteroatoms. The second-order valence-electron chi connectivity index (χ2n) is 7.94. The fourth-order valence-electron chi connectivity index (χ4n) is 3.57. The Kier molecular flexibility index (Phi) is 8.46. The largest absolute Gasteiger partial charge is 0.458 e. The van der Waals surface area contributed by atoms with Crippen molar-refractivity contribution in [3.05, 3.63) is 125 Å². The predicted molar refractivity (Wildman–Crippen MR) is 141 cm³/mol. The molecule has 37 heavy (non-hydrogen) atoms. The maximum atomic E-state index is 13.0. The number of hydrogen-bond acceptors (Lipinski definition) is 5. The van der Waals surface area contributed by atoms with Crippen LogP contribution in [0.5, 0.6) is 0 Å². The first-order chi connectivity index (χ1) is 18.0. The Hall–Kier alpha value is -4.69.